The van der Waals surface area contributed by atoms with Crippen molar-refractivity contribution in [3.8, 4) is 0 Å². The average molecular weight is 260 g/mol. The number of aryl methyl sites for hydroxylation is 3. The van der Waals surface area contributed by atoms with E-state index in [1.165, 1.54) is 35.1 Å². The second kappa shape index (κ2) is 5.64. The fraction of sp³-hybridized carbons (Fsp3) is 0.647. The summed E-state index contributed by atoms with van der Waals surface area (Å²) >= 11 is 0. The van der Waals surface area contributed by atoms with Crippen molar-refractivity contribution in [3.63, 3.8) is 0 Å². The Balaban J connectivity index is 2.30. The fourth-order valence-electron chi connectivity index (χ4n) is 3.40. The number of benzene rings is 1. The Bertz CT molecular complexity index is 426. The summed E-state index contributed by atoms with van der Waals surface area (Å²) in [5.41, 5.74) is 11.6. The zero-order valence-corrected chi connectivity index (χ0v) is 13.0. The Morgan fingerprint density at radius 2 is 1.74 bits per heavy atom. The van der Waals surface area contributed by atoms with Gasteiger partial charge in [0, 0.05) is 18.6 Å². The highest BCUT2D eigenvalue weighted by Crippen LogP contribution is 2.38. The maximum Gasteiger partial charge on any atom is 0.0475 e. The molecule has 106 valence electrons. The van der Waals surface area contributed by atoms with Crippen LogP contribution in [0.2, 0.25) is 0 Å². The number of hydrogen-bond donors (Lipinski definition) is 1. The van der Waals surface area contributed by atoms with E-state index in [-0.39, 0.29) is 0 Å². The van der Waals surface area contributed by atoms with E-state index in [1.807, 2.05) is 0 Å². The molecule has 1 aromatic rings. The molecule has 0 aromatic heterocycles. The molecule has 1 aromatic carbocycles. The first-order chi connectivity index (χ1) is 8.95. The summed E-state index contributed by atoms with van der Waals surface area (Å²) in [6.45, 7) is 9.64. The van der Waals surface area contributed by atoms with Gasteiger partial charge in [0.2, 0.25) is 0 Å². The summed E-state index contributed by atoms with van der Waals surface area (Å²) in [5, 5.41) is 0. The Hall–Kier alpha value is -0.860. The first-order valence-corrected chi connectivity index (χ1v) is 7.45. The van der Waals surface area contributed by atoms with Gasteiger partial charge in [-0.25, -0.2) is 0 Å². The van der Waals surface area contributed by atoms with Gasteiger partial charge in [0.05, 0.1) is 0 Å². The van der Waals surface area contributed by atoms with Gasteiger partial charge in [-0.3, -0.25) is 4.90 Å². The van der Waals surface area contributed by atoms with Crippen LogP contribution in [0.25, 0.3) is 0 Å². The first-order valence-electron chi connectivity index (χ1n) is 7.45. The van der Waals surface area contributed by atoms with Crippen LogP contribution in [0.3, 0.4) is 0 Å². The van der Waals surface area contributed by atoms with Crippen LogP contribution in [0.5, 0.6) is 0 Å². The van der Waals surface area contributed by atoms with Gasteiger partial charge in [0.1, 0.15) is 0 Å². The number of nitrogens with zero attached hydrogens (tertiary/aromatic N) is 1. The predicted molar refractivity (Wildman–Crippen MR) is 82.4 cm³/mol. The first kappa shape index (κ1) is 14.5. The molecule has 1 saturated carbocycles. The molecule has 19 heavy (non-hydrogen) atoms. The lowest BCUT2D eigenvalue weighted by atomic mass is 9.92. The molecule has 2 rings (SSSR count). The Labute approximate surface area is 118 Å². The van der Waals surface area contributed by atoms with Crippen molar-refractivity contribution in [1.82, 2.24) is 4.90 Å². The molecule has 0 saturated heterocycles. The molecule has 2 nitrogen and oxygen atoms in total. The van der Waals surface area contributed by atoms with Crippen molar-refractivity contribution in [1.29, 1.82) is 0 Å². The second-order valence-corrected chi connectivity index (χ2v) is 6.31. The minimum absolute atomic E-state index is 0.344. The van der Waals surface area contributed by atoms with Crippen LogP contribution in [0.15, 0.2) is 12.1 Å². The summed E-state index contributed by atoms with van der Waals surface area (Å²) in [6.07, 6.45) is 2.77. The molecule has 0 bridgehead atoms. The third-order valence-electron chi connectivity index (χ3n) is 4.73. The average Bonchev–Trinajstić information content (AvgIpc) is 3.15. The van der Waals surface area contributed by atoms with E-state index >= 15 is 0 Å². The monoisotopic (exact) mass is 260 g/mol. The molecular formula is C17H28N2. The number of likely N-dealkylation sites (N-methyl/N-ethyl adjacent to an activating group) is 1. The van der Waals surface area contributed by atoms with Crippen LogP contribution >= 0.6 is 0 Å². The highest BCUT2D eigenvalue weighted by atomic mass is 15.2. The van der Waals surface area contributed by atoms with Crippen molar-refractivity contribution >= 4 is 0 Å². The molecule has 1 fully saturated rings. The molecule has 0 spiro atoms. The van der Waals surface area contributed by atoms with E-state index in [2.05, 4.69) is 51.8 Å². The van der Waals surface area contributed by atoms with Gasteiger partial charge >= 0.3 is 0 Å². The lowest BCUT2D eigenvalue weighted by Crippen LogP contribution is -2.38. The van der Waals surface area contributed by atoms with Gasteiger partial charge in [-0.05, 0) is 70.2 Å². The quantitative estimate of drug-likeness (QED) is 0.880. The number of hydrogen-bond acceptors (Lipinski definition) is 2. The largest absolute Gasteiger partial charge is 0.329 e. The van der Waals surface area contributed by atoms with Crippen LogP contribution in [-0.2, 0) is 0 Å². The van der Waals surface area contributed by atoms with Crippen molar-refractivity contribution in [2.75, 3.05) is 13.6 Å². The van der Waals surface area contributed by atoms with Crippen molar-refractivity contribution < 1.29 is 0 Å². The molecule has 2 heteroatoms. The summed E-state index contributed by atoms with van der Waals surface area (Å²) in [4.78, 5) is 2.49. The van der Waals surface area contributed by atoms with Crippen LogP contribution in [0, 0.1) is 26.7 Å². The Morgan fingerprint density at radius 3 is 2.16 bits per heavy atom. The van der Waals surface area contributed by atoms with Gasteiger partial charge < -0.3 is 5.73 Å². The highest BCUT2D eigenvalue weighted by Gasteiger charge is 2.33. The molecule has 2 unspecified atom stereocenters. The topological polar surface area (TPSA) is 29.3 Å². The molecule has 0 heterocycles. The van der Waals surface area contributed by atoms with Crippen molar-refractivity contribution in [2.45, 2.75) is 52.6 Å². The van der Waals surface area contributed by atoms with E-state index in [0.717, 1.165) is 5.92 Å². The lowest BCUT2D eigenvalue weighted by molar-refractivity contribution is 0.170. The van der Waals surface area contributed by atoms with E-state index in [9.17, 15) is 0 Å². The molecular weight excluding hydrogens is 232 g/mol. The Morgan fingerprint density at radius 1 is 1.21 bits per heavy atom. The van der Waals surface area contributed by atoms with Gasteiger partial charge in [0.25, 0.3) is 0 Å². The molecule has 1 aliphatic carbocycles. The minimum atomic E-state index is 0.344. The van der Waals surface area contributed by atoms with Crippen LogP contribution in [0.1, 0.15) is 48.1 Å². The van der Waals surface area contributed by atoms with Gasteiger partial charge in [-0.2, -0.15) is 0 Å². The smallest absolute Gasteiger partial charge is 0.0475 e. The minimum Gasteiger partial charge on any atom is -0.329 e. The maximum absolute atomic E-state index is 6.10. The summed E-state index contributed by atoms with van der Waals surface area (Å²) in [7, 11) is 2.24. The molecule has 2 atom stereocenters. The highest BCUT2D eigenvalue weighted by molar-refractivity contribution is 5.40. The normalized spacial score (nSPS) is 18.7. The summed E-state index contributed by atoms with van der Waals surface area (Å²) in [6, 6.07) is 5.53. The number of rotatable bonds is 5. The lowest BCUT2D eigenvalue weighted by Gasteiger charge is -2.35. The van der Waals surface area contributed by atoms with Crippen LogP contribution in [0.4, 0.5) is 0 Å². The van der Waals surface area contributed by atoms with Gasteiger partial charge in [-0.1, -0.05) is 17.7 Å². The molecule has 1 aliphatic rings. The summed E-state index contributed by atoms with van der Waals surface area (Å²) in [5.74, 6) is 0.880. The van der Waals surface area contributed by atoms with Gasteiger partial charge in [-0.15, -0.1) is 0 Å². The fourth-order valence-corrected chi connectivity index (χ4v) is 3.40. The standard InChI is InChI=1S/C17H28N2/c1-11-8-12(2)17(13(3)9-11)16(10-18)19(5)14(4)15-6-7-15/h8-9,14-16H,6-7,10,18H2,1-5H3. The zero-order chi connectivity index (χ0) is 14.2. The van der Waals surface area contributed by atoms with E-state index in [0.29, 0.717) is 18.6 Å². The second-order valence-electron chi connectivity index (χ2n) is 6.31. The molecule has 0 radical (unpaired) electrons. The van der Waals surface area contributed by atoms with E-state index < -0.39 is 0 Å². The Kier molecular flexibility index (Phi) is 4.32. The third kappa shape index (κ3) is 3.01. The number of nitrogens with two attached hydrogens (primary N) is 1. The van der Waals surface area contributed by atoms with Gasteiger partial charge in [0.15, 0.2) is 0 Å². The zero-order valence-electron chi connectivity index (χ0n) is 13.0. The SMILES string of the molecule is Cc1cc(C)c(C(CN)N(C)C(C)C2CC2)c(C)c1. The van der Waals surface area contributed by atoms with Crippen molar-refractivity contribution in [3.05, 3.63) is 34.4 Å². The molecule has 2 N–H and O–H groups in total. The molecule has 0 amide bonds. The third-order valence-corrected chi connectivity index (χ3v) is 4.73. The summed E-state index contributed by atoms with van der Waals surface area (Å²) < 4.78 is 0. The predicted octanol–water partition coefficient (Wildman–Crippen LogP) is 3.34. The van der Waals surface area contributed by atoms with Crippen molar-refractivity contribution in [2.24, 2.45) is 11.7 Å². The van der Waals surface area contributed by atoms with Crippen LogP contribution in [-0.4, -0.2) is 24.5 Å². The molecule has 0 aliphatic heterocycles. The van der Waals surface area contributed by atoms with Crippen LogP contribution < -0.4 is 5.73 Å². The maximum atomic E-state index is 6.10. The van der Waals surface area contributed by atoms with E-state index in [1.54, 1.807) is 0 Å². The van der Waals surface area contributed by atoms with E-state index in [4.69, 9.17) is 5.73 Å².